The van der Waals surface area contributed by atoms with E-state index < -0.39 is 15.8 Å². The lowest BCUT2D eigenvalue weighted by Gasteiger charge is -2.39. The highest BCUT2D eigenvalue weighted by Crippen LogP contribution is 2.41. The van der Waals surface area contributed by atoms with Gasteiger partial charge in [0.25, 0.3) is 0 Å². The lowest BCUT2D eigenvalue weighted by atomic mass is 9.78. The lowest BCUT2D eigenvalue weighted by Crippen LogP contribution is -2.46. The monoisotopic (exact) mass is 640 g/mol. The van der Waals surface area contributed by atoms with Crippen LogP contribution in [-0.2, 0) is 41.1 Å². The van der Waals surface area contributed by atoms with Crippen LogP contribution >= 0.6 is 0 Å². The zero-order chi connectivity index (χ0) is 32.4. The number of hydrogen-bond donors (Lipinski definition) is 0. The summed E-state index contributed by atoms with van der Waals surface area (Å²) in [4.78, 5) is 27.8. The summed E-state index contributed by atoms with van der Waals surface area (Å²) in [5.74, 6) is 1.35. The maximum Gasteiger partial charge on any atom is 0.410 e. The third-order valence-corrected chi connectivity index (χ3v) is 10.5. The van der Waals surface area contributed by atoms with Crippen LogP contribution in [-0.4, -0.2) is 105 Å². The lowest BCUT2D eigenvalue weighted by molar-refractivity contribution is 0.0109. The number of amides is 1. The molecule has 4 heterocycles. The van der Waals surface area contributed by atoms with Crippen LogP contribution in [0.5, 0.6) is 0 Å². The number of piperidine rings is 1. The largest absolute Gasteiger partial charge is 0.444 e. The zero-order valence-corrected chi connectivity index (χ0v) is 28.3. The van der Waals surface area contributed by atoms with Gasteiger partial charge in [-0.25, -0.2) is 18.7 Å². The molecule has 0 atom stereocenters. The Kier molecular flexibility index (Phi) is 9.73. The Bertz CT molecular complexity index is 1550. The zero-order valence-electron chi connectivity index (χ0n) is 27.5. The fraction of sp³-hybridized carbons (Fsp3) is 0.594. The fourth-order valence-electron chi connectivity index (χ4n) is 6.26. The molecule has 1 amide bonds. The highest BCUT2D eigenvalue weighted by molar-refractivity contribution is 7.87. The summed E-state index contributed by atoms with van der Waals surface area (Å²) < 4.78 is 35.3. The van der Waals surface area contributed by atoms with Gasteiger partial charge in [-0.15, -0.1) is 0 Å². The van der Waals surface area contributed by atoms with Gasteiger partial charge in [-0.1, -0.05) is 24.3 Å². The highest BCUT2D eigenvalue weighted by atomic mass is 32.2. The van der Waals surface area contributed by atoms with E-state index in [-0.39, 0.29) is 6.09 Å². The van der Waals surface area contributed by atoms with Crippen molar-refractivity contribution in [1.82, 2.24) is 37.5 Å². The van der Waals surface area contributed by atoms with Gasteiger partial charge >= 0.3 is 16.3 Å². The van der Waals surface area contributed by atoms with E-state index in [9.17, 15) is 13.2 Å². The topological polar surface area (TPSA) is 109 Å². The van der Waals surface area contributed by atoms with Gasteiger partial charge in [-0.3, -0.25) is 9.80 Å². The van der Waals surface area contributed by atoms with Crippen LogP contribution in [0, 0.1) is 5.41 Å². The molecule has 1 aromatic carbocycles. The molecule has 0 unspecified atom stereocenters. The Morgan fingerprint density at radius 2 is 1.47 bits per heavy atom. The van der Waals surface area contributed by atoms with E-state index >= 15 is 0 Å². The van der Waals surface area contributed by atoms with Crippen LogP contribution in [0.4, 0.5) is 4.79 Å². The molecular weight excluding hydrogens is 592 g/mol. The average Bonchev–Trinajstić information content (AvgIpc) is 3.70. The van der Waals surface area contributed by atoms with Gasteiger partial charge in [0.1, 0.15) is 17.2 Å². The third kappa shape index (κ3) is 8.13. The number of aromatic nitrogens is 4. The normalized spacial score (nSPS) is 17.6. The number of imidazole rings is 2. The number of benzene rings is 1. The van der Waals surface area contributed by atoms with Crippen molar-refractivity contribution in [2.75, 3.05) is 47.3 Å². The minimum atomic E-state index is -3.63. The molecule has 0 bridgehead atoms. The van der Waals surface area contributed by atoms with Gasteiger partial charge in [0, 0.05) is 71.6 Å². The predicted octanol–water partition coefficient (Wildman–Crippen LogP) is 3.64. The maximum atomic E-state index is 12.6. The molecule has 45 heavy (non-hydrogen) atoms. The number of hydrogen-bond acceptors (Lipinski definition) is 8. The van der Waals surface area contributed by atoms with Crippen molar-refractivity contribution in [3.8, 4) is 0 Å². The third-order valence-electron chi connectivity index (χ3n) is 8.79. The minimum absolute atomic E-state index is 0.191. The van der Waals surface area contributed by atoms with Gasteiger partial charge in [0.2, 0.25) is 0 Å². The molecule has 2 saturated heterocycles. The van der Waals surface area contributed by atoms with E-state index in [1.165, 1.54) is 52.3 Å². The molecule has 246 valence electrons. The number of rotatable bonds is 10. The first-order valence-electron chi connectivity index (χ1n) is 15.6. The predicted molar refractivity (Wildman–Crippen MR) is 173 cm³/mol. The van der Waals surface area contributed by atoms with Crippen LogP contribution in [0.15, 0.2) is 49.1 Å². The van der Waals surface area contributed by atoms with Crippen molar-refractivity contribution in [2.45, 2.75) is 71.8 Å². The fourth-order valence-corrected chi connectivity index (χ4v) is 7.19. The summed E-state index contributed by atoms with van der Waals surface area (Å²) in [5, 5.41) is 0. The first-order valence-corrected chi connectivity index (χ1v) is 17.0. The van der Waals surface area contributed by atoms with E-state index in [0.717, 1.165) is 51.4 Å². The van der Waals surface area contributed by atoms with E-state index in [1.807, 2.05) is 43.8 Å². The molecule has 13 heteroatoms. The first-order chi connectivity index (χ1) is 21.2. The SMILES string of the molecule is CN(Cc1nccn1Cc1ccc(CN2CCC3(CCN(C(=O)OC(C)(C)C)CC3)C2)cc1)Cc1nccn1S(=O)(=O)N(C)C. The molecule has 0 saturated carbocycles. The summed E-state index contributed by atoms with van der Waals surface area (Å²) in [7, 11) is 1.32. The van der Waals surface area contributed by atoms with Gasteiger partial charge < -0.3 is 14.2 Å². The molecule has 1 spiro atoms. The van der Waals surface area contributed by atoms with Crippen LogP contribution < -0.4 is 0 Å². The minimum Gasteiger partial charge on any atom is -0.444 e. The van der Waals surface area contributed by atoms with Gasteiger partial charge in [0.05, 0.1) is 13.1 Å². The number of ether oxygens (including phenoxy) is 1. The Morgan fingerprint density at radius 3 is 2.11 bits per heavy atom. The second kappa shape index (κ2) is 13.2. The Hall–Kier alpha value is -3.26. The first kappa shape index (κ1) is 33.1. The van der Waals surface area contributed by atoms with Crippen LogP contribution in [0.1, 0.15) is 62.8 Å². The van der Waals surface area contributed by atoms with Crippen molar-refractivity contribution in [3.63, 3.8) is 0 Å². The van der Waals surface area contributed by atoms with Crippen molar-refractivity contribution < 1.29 is 17.9 Å². The van der Waals surface area contributed by atoms with Gasteiger partial charge in [-0.2, -0.15) is 12.7 Å². The molecule has 0 aliphatic carbocycles. The van der Waals surface area contributed by atoms with Crippen molar-refractivity contribution in [2.24, 2.45) is 5.41 Å². The van der Waals surface area contributed by atoms with Crippen molar-refractivity contribution in [1.29, 1.82) is 0 Å². The van der Waals surface area contributed by atoms with Gasteiger partial charge in [0.15, 0.2) is 0 Å². The molecule has 2 aliphatic heterocycles. The molecule has 0 N–H and O–H groups in total. The second-order valence-electron chi connectivity index (χ2n) is 13.8. The summed E-state index contributed by atoms with van der Waals surface area (Å²) in [6.07, 6.45) is 9.81. The van der Waals surface area contributed by atoms with Crippen LogP contribution in [0.25, 0.3) is 0 Å². The van der Waals surface area contributed by atoms with Crippen molar-refractivity contribution in [3.05, 3.63) is 71.8 Å². The Labute approximate surface area is 267 Å². The van der Waals surface area contributed by atoms with E-state index in [1.54, 1.807) is 6.20 Å². The summed E-state index contributed by atoms with van der Waals surface area (Å²) in [5.41, 5.74) is 2.33. The van der Waals surface area contributed by atoms with Crippen LogP contribution in [0.2, 0.25) is 0 Å². The molecule has 2 fully saturated rings. The number of nitrogens with zero attached hydrogens (tertiary/aromatic N) is 8. The smallest absolute Gasteiger partial charge is 0.410 e. The molecule has 12 nitrogen and oxygen atoms in total. The summed E-state index contributed by atoms with van der Waals surface area (Å²) in [6, 6.07) is 8.83. The van der Waals surface area contributed by atoms with E-state index in [0.29, 0.717) is 30.9 Å². The molecule has 0 radical (unpaired) electrons. The molecular formula is C32H48N8O4S. The second-order valence-corrected chi connectivity index (χ2v) is 15.8. The molecule has 2 aliphatic rings. The van der Waals surface area contributed by atoms with Crippen LogP contribution in [0.3, 0.4) is 0 Å². The standard InChI is InChI=1S/C32H48N8O4S/c1-31(2,3)44-30(41)38-17-12-32(13-18-38)11-16-37(25-32)21-26-7-9-27(10-8-26)22-39-19-14-33-28(39)23-36(6)24-29-34-15-20-40(29)45(42,43)35(4)5/h7-10,14-15,19-20H,11-13,16-18,21-25H2,1-6H3. The quantitative estimate of drug-likeness (QED) is 0.331. The number of carbonyl (C=O) groups excluding carboxylic acids is 1. The maximum absolute atomic E-state index is 12.6. The van der Waals surface area contributed by atoms with Crippen molar-refractivity contribution >= 4 is 16.3 Å². The highest BCUT2D eigenvalue weighted by Gasteiger charge is 2.41. The van der Waals surface area contributed by atoms with E-state index in [2.05, 4.69) is 43.7 Å². The Balaban J connectivity index is 1.11. The molecule has 3 aromatic rings. The molecule has 5 rings (SSSR count). The molecule has 2 aromatic heterocycles. The summed E-state index contributed by atoms with van der Waals surface area (Å²) in [6.45, 7) is 12.0. The van der Waals surface area contributed by atoms with E-state index in [4.69, 9.17) is 4.74 Å². The summed E-state index contributed by atoms with van der Waals surface area (Å²) >= 11 is 0. The average molecular weight is 641 g/mol. The number of carbonyl (C=O) groups is 1. The van der Waals surface area contributed by atoms with Gasteiger partial charge in [-0.05, 0) is 70.2 Å². The Morgan fingerprint density at radius 1 is 0.889 bits per heavy atom. The number of likely N-dealkylation sites (tertiary alicyclic amines) is 2.